The van der Waals surface area contributed by atoms with Crippen LogP contribution in [0.1, 0.15) is 31.7 Å². The molecule has 0 saturated heterocycles. The molecule has 0 aliphatic carbocycles. The molecule has 0 spiro atoms. The molecule has 1 aromatic heterocycles. The third-order valence-electron chi connectivity index (χ3n) is 3.09. The predicted octanol–water partition coefficient (Wildman–Crippen LogP) is 3.59. The Balaban J connectivity index is 2.37. The molecule has 1 N–H and O–H groups in total. The molecule has 0 saturated carbocycles. The van der Waals surface area contributed by atoms with E-state index in [0.717, 1.165) is 42.5 Å². The number of hydrogen-bond acceptors (Lipinski definition) is 2. The van der Waals surface area contributed by atoms with E-state index in [-0.39, 0.29) is 0 Å². The number of imidazole rings is 1. The van der Waals surface area contributed by atoms with E-state index in [1.807, 2.05) is 24.5 Å². The highest BCUT2D eigenvalue weighted by atomic mass is 35.5. The first-order valence-corrected chi connectivity index (χ1v) is 7.16. The molecule has 0 bridgehead atoms. The molecule has 102 valence electrons. The molecule has 0 radical (unpaired) electrons. The number of para-hydroxylation sites is 1. The van der Waals surface area contributed by atoms with Gasteiger partial charge in [0.1, 0.15) is 5.82 Å². The van der Waals surface area contributed by atoms with Gasteiger partial charge < -0.3 is 9.88 Å². The molecule has 0 unspecified atom stereocenters. The van der Waals surface area contributed by atoms with Crippen molar-refractivity contribution in [2.75, 3.05) is 6.54 Å². The molecule has 3 nitrogen and oxygen atoms in total. The average Bonchev–Trinajstić information content (AvgIpc) is 2.87. The quantitative estimate of drug-likeness (QED) is 0.818. The molecule has 4 heteroatoms. The Morgan fingerprint density at radius 2 is 2.16 bits per heavy atom. The van der Waals surface area contributed by atoms with Crippen molar-refractivity contribution in [3.05, 3.63) is 47.0 Å². The summed E-state index contributed by atoms with van der Waals surface area (Å²) in [5.41, 5.74) is 2.25. The average molecular weight is 278 g/mol. The van der Waals surface area contributed by atoms with Gasteiger partial charge in [-0.1, -0.05) is 37.6 Å². The van der Waals surface area contributed by atoms with Crippen LogP contribution >= 0.6 is 11.6 Å². The Hall–Kier alpha value is -1.32. The van der Waals surface area contributed by atoms with Crippen molar-refractivity contribution in [1.29, 1.82) is 0 Å². The first-order chi connectivity index (χ1) is 9.27. The Labute approximate surface area is 119 Å². The number of benzene rings is 1. The summed E-state index contributed by atoms with van der Waals surface area (Å²) in [7, 11) is 0. The lowest BCUT2D eigenvalue weighted by molar-refractivity contribution is 0.672. The van der Waals surface area contributed by atoms with Crippen LogP contribution < -0.4 is 5.32 Å². The van der Waals surface area contributed by atoms with E-state index in [1.165, 1.54) is 5.56 Å². The summed E-state index contributed by atoms with van der Waals surface area (Å²) in [5.74, 6) is 1.03. The van der Waals surface area contributed by atoms with Crippen LogP contribution in [0.25, 0.3) is 5.69 Å². The number of nitrogens with zero attached hydrogens (tertiary/aromatic N) is 2. The number of aromatic nitrogens is 2. The topological polar surface area (TPSA) is 29.9 Å². The number of aryl methyl sites for hydroxylation is 1. The Bertz CT molecular complexity index is 534. The third-order valence-corrected chi connectivity index (χ3v) is 3.39. The van der Waals surface area contributed by atoms with E-state index in [9.17, 15) is 0 Å². The fourth-order valence-electron chi connectivity index (χ4n) is 2.17. The highest BCUT2D eigenvalue weighted by Gasteiger charge is 2.11. The standard InChI is InChI=1S/C15H20ClN3/c1-3-8-17-11-12-6-5-7-13(16)15(12)19-10-9-18-14(19)4-2/h5-7,9-10,17H,3-4,8,11H2,1-2H3. The predicted molar refractivity (Wildman–Crippen MR) is 79.9 cm³/mol. The summed E-state index contributed by atoms with van der Waals surface area (Å²) >= 11 is 6.39. The number of hydrogen-bond donors (Lipinski definition) is 1. The van der Waals surface area contributed by atoms with E-state index in [4.69, 9.17) is 11.6 Å². The molecule has 19 heavy (non-hydrogen) atoms. The van der Waals surface area contributed by atoms with Crippen LogP contribution in [-0.2, 0) is 13.0 Å². The van der Waals surface area contributed by atoms with Crippen LogP contribution in [0.2, 0.25) is 5.02 Å². The van der Waals surface area contributed by atoms with Crippen molar-refractivity contribution in [2.24, 2.45) is 0 Å². The second-order valence-corrected chi connectivity index (χ2v) is 4.90. The van der Waals surface area contributed by atoms with Crippen molar-refractivity contribution in [3.63, 3.8) is 0 Å². The Kier molecular flexibility index (Phi) is 5.00. The molecular formula is C15H20ClN3. The summed E-state index contributed by atoms with van der Waals surface area (Å²) < 4.78 is 2.09. The SMILES string of the molecule is CCCNCc1cccc(Cl)c1-n1ccnc1CC. The van der Waals surface area contributed by atoms with Crippen LogP contribution in [0.15, 0.2) is 30.6 Å². The third kappa shape index (κ3) is 3.17. The van der Waals surface area contributed by atoms with Crippen molar-refractivity contribution in [1.82, 2.24) is 14.9 Å². The summed E-state index contributed by atoms with van der Waals surface area (Å²) in [6.45, 7) is 6.10. The van der Waals surface area contributed by atoms with Gasteiger partial charge in [-0.05, 0) is 24.6 Å². The second-order valence-electron chi connectivity index (χ2n) is 4.49. The Morgan fingerprint density at radius 3 is 2.89 bits per heavy atom. The number of halogens is 1. The van der Waals surface area contributed by atoms with Gasteiger partial charge in [-0.2, -0.15) is 0 Å². The highest BCUT2D eigenvalue weighted by molar-refractivity contribution is 6.32. The monoisotopic (exact) mass is 277 g/mol. The molecule has 2 aromatic rings. The van der Waals surface area contributed by atoms with Crippen molar-refractivity contribution in [2.45, 2.75) is 33.2 Å². The van der Waals surface area contributed by atoms with Gasteiger partial charge in [-0.15, -0.1) is 0 Å². The maximum absolute atomic E-state index is 6.39. The van der Waals surface area contributed by atoms with E-state index >= 15 is 0 Å². The van der Waals surface area contributed by atoms with Crippen LogP contribution in [0.5, 0.6) is 0 Å². The molecule has 0 fully saturated rings. The minimum Gasteiger partial charge on any atom is -0.313 e. The van der Waals surface area contributed by atoms with Crippen molar-refractivity contribution >= 4 is 11.6 Å². The maximum Gasteiger partial charge on any atom is 0.112 e. The summed E-state index contributed by atoms with van der Waals surface area (Å²) in [5, 5.41) is 4.19. The molecule has 2 rings (SSSR count). The second kappa shape index (κ2) is 6.73. The largest absolute Gasteiger partial charge is 0.313 e. The molecule has 0 aliphatic heterocycles. The van der Waals surface area contributed by atoms with E-state index < -0.39 is 0 Å². The Morgan fingerprint density at radius 1 is 1.32 bits per heavy atom. The first kappa shape index (κ1) is 14.1. The minimum atomic E-state index is 0.767. The summed E-state index contributed by atoms with van der Waals surface area (Å²) in [6, 6.07) is 6.04. The number of rotatable bonds is 6. The van der Waals surface area contributed by atoms with Gasteiger partial charge in [0.2, 0.25) is 0 Å². The van der Waals surface area contributed by atoms with E-state index in [2.05, 4.69) is 34.8 Å². The zero-order valence-corrected chi connectivity index (χ0v) is 12.2. The van der Waals surface area contributed by atoms with Crippen LogP contribution in [0.4, 0.5) is 0 Å². The highest BCUT2D eigenvalue weighted by Crippen LogP contribution is 2.25. The van der Waals surface area contributed by atoms with Gasteiger partial charge in [0.05, 0.1) is 10.7 Å². The lowest BCUT2D eigenvalue weighted by Crippen LogP contribution is -2.16. The van der Waals surface area contributed by atoms with Gasteiger partial charge in [-0.25, -0.2) is 4.98 Å². The summed E-state index contributed by atoms with van der Waals surface area (Å²) in [4.78, 5) is 4.37. The van der Waals surface area contributed by atoms with Crippen molar-refractivity contribution < 1.29 is 0 Å². The normalized spacial score (nSPS) is 10.9. The van der Waals surface area contributed by atoms with Gasteiger partial charge >= 0.3 is 0 Å². The van der Waals surface area contributed by atoms with Crippen LogP contribution in [-0.4, -0.2) is 16.1 Å². The molecular weight excluding hydrogens is 258 g/mol. The lowest BCUT2D eigenvalue weighted by atomic mass is 10.1. The fraction of sp³-hybridized carbons (Fsp3) is 0.400. The number of nitrogens with one attached hydrogen (secondary N) is 1. The zero-order valence-electron chi connectivity index (χ0n) is 11.5. The van der Waals surface area contributed by atoms with E-state index in [1.54, 1.807) is 0 Å². The molecule has 0 atom stereocenters. The summed E-state index contributed by atoms with van der Waals surface area (Å²) in [6.07, 6.45) is 5.82. The molecule has 0 amide bonds. The molecule has 1 heterocycles. The molecule has 1 aromatic carbocycles. The van der Waals surface area contributed by atoms with Gasteiger partial charge in [0, 0.05) is 25.4 Å². The lowest BCUT2D eigenvalue weighted by Gasteiger charge is -2.15. The van der Waals surface area contributed by atoms with Gasteiger partial charge in [0.15, 0.2) is 0 Å². The minimum absolute atomic E-state index is 0.767. The van der Waals surface area contributed by atoms with Crippen LogP contribution in [0, 0.1) is 0 Å². The van der Waals surface area contributed by atoms with Gasteiger partial charge in [-0.3, -0.25) is 0 Å². The fourth-order valence-corrected chi connectivity index (χ4v) is 2.46. The zero-order chi connectivity index (χ0) is 13.7. The maximum atomic E-state index is 6.39. The van der Waals surface area contributed by atoms with Crippen LogP contribution in [0.3, 0.4) is 0 Å². The molecule has 0 aliphatic rings. The first-order valence-electron chi connectivity index (χ1n) is 6.78. The van der Waals surface area contributed by atoms with E-state index in [0.29, 0.717) is 0 Å². The van der Waals surface area contributed by atoms with Crippen molar-refractivity contribution in [3.8, 4) is 5.69 Å². The van der Waals surface area contributed by atoms with Gasteiger partial charge in [0.25, 0.3) is 0 Å². The smallest absolute Gasteiger partial charge is 0.112 e.